The number of carbonyl (C=O) groups excluding carboxylic acids is 1. The maximum absolute atomic E-state index is 12.8. The molecule has 1 aliphatic heterocycles. The molecule has 2 amide bonds. The molecule has 0 aliphatic carbocycles. The molecular weight excluding hydrogens is 323 g/mol. The zero-order valence-electron chi connectivity index (χ0n) is 14.5. The summed E-state index contributed by atoms with van der Waals surface area (Å²) >= 11 is 0. The molecule has 6 nitrogen and oxygen atoms in total. The fourth-order valence-electron chi connectivity index (χ4n) is 3.11. The quantitative estimate of drug-likeness (QED) is 0.847. The van der Waals surface area contributed by atoms with Gasteiger partial charge in [0.15, 0.2) is 0 Å². The van der Waals surface area contributed by atoms with Crippen LogP contribution in [0, 0.1) is 19.7 Å². The summed E-state index contributed by atoms with van der Waals surface area (Å²) in [4.78, 5) is 14.1. The van der Waals surface area contributed by atoms with Crippen molar-refractivity contribution in [2.45, 2.75) is 26.3 Å². The molecule has 3 rings (SSSR count). The van der Waals surface area contributed by atoms with Gasteiger partial charge in [-0.1, -0.05) is 0 Å². The number of ether oxygens (including phenoxy) is 1. The van der Waals surface area contributed by atoms with E-state index in [1.165, 1.54) is 12.1 Å². The standard InChI is InChI=1S/C18H23FN4O2/c1-13-11-14(2)23(21-13)16-7-9-22(12-16)18(24)20-8-10-25-17-5-3-15(19)4-6-17/h3-6,11,16H,7-10,12H2,1-2H3,(H,20,24). The van der Waals surface area contributed by atoms with Gasteiger partial charge in [0.05, 0.1) is 18.3 Å². The van der Waals surface area contributed by atoms with Crippen molar-refractivity contribution in [3.63, 3.8) is 0 Å². The second-order valence-corrected chi connectivity index (χ2v) is 6.29. The van der Waals surface area contributed by atoms with Crippen LogP contribution in [0.25, 0.3) is 0 Å². The molecule has 0 spiro atoms. The molecule has 1 aromatic carbocycles. The number of hydrogen-bond acceptors (Lipinski definition) is 3. The average Bonchev–Trinajstić information content (AvgIpc) is 3.19. The third-order valence-electron chi connectivity index (χ3n) is 4.30. The van der Waals surface area contributed by atoms with Crippen molar-refractivity contribution in [2.75, 3.05) is 26.2 Å². The molecule has 1 atom stereocenters. The number of amides is 2. The van der Waals surface area contributed by atoms with Crippen molar-refractivity contribution in [3.8, 4) is 5.75 Å². The lowest BCUT2D eigenvalue weighted by atomic mass is 10.2. The molecule has 134 valence electrons. The lowest BCUT2D eigenvalue weighted by Crippen LogP contribution is -2.40. The van der Waals surface area contributed by atoms with Crippen LogP contribution >= 0.6 is 0 Å². The molecule has 25 heavy (non-hydrogen) atoms. The van der Waals surface area contributed by atoms with E-state index >= 15 is 0 Å². The van der Waals surface area contributed by atoms with Gasteiger partial charge in [-0.2, -0.15) is 5.10 Å². The lowest BCUT2D eigenvalue weighted by Gasteiger charge is -2.18. The van der Waals surface area contributed by atoms with Gasteiger partial charge in [0.1, 0.15) is 18.2 Å². The van der Waals surface area contributed by atoms with Crippen LogP contribution in [-0.4, -0.2) is 47.0 Å². The number of halogens is 1. The van der Waals surface area contributed by atoms with Crippen LogP contribution < -0.4 is 10.1 Å². The third kappa shape index (κ3) is 4.29. The number of carbonyl (C=O) groups is 1. The third-order valence-corrected chi connectivity index (χ3v) is 4.30. The molecule has 1 aromatic heterocycles. The summed E-state index contributed by atoms with van der Waals surface area (Å²) in [5.41, 5.74) is 2.12. The topological polar surface area (TPSA) is 59.4 Å². The maximum atomic E-state index is 12.8. The molecule has 1 saturated heterocycles. The predicted molar refractivity (Wildman–Crippen MR) is 92.2 cm³/mol. The molecule has 2 aromatic rings. The van der Waals surface area contributed by atoms with Gasteiger partial charge < -0.3 is 15.0 Å². The Hall–Kier alpha value is -2.57. The van der Waals surface area contributed by atoms with Crippen LogP contribution in [0.1, 0.15) is 23.9 Å². The molecule has 2 heterocycles. The highest BCUT2D eigenvalue weighted by atomic mass is 19.1. The Bertz CT molecular complexity index is 729. The van der Waals surface area contributed by atoms with Gasteiger partial charge in [-0.3, -0.25) is 4.68 Å². The number of aryl methyl sites for hydroxylation is 2. The Labute approximate surface area is 146 Å². The van der Waals surface area contributed by atoms with Crippen LogP contribution in [0.15, 0.2) is 30.3 Å². The van der Waals surface area contributed by atoms with Crippen LogP contribution in [0.4, 0.5) is 9.18 Å². The van der Waals surface area contributed by atoms with Crippen molar-refractivity contribution in [1.29, 1.82) is 0 Å². The molecule has 0 bridgehead atoms. The van der Waals surface area contributed by atoms with E-state index in [2.05, 4.69) is 16.5 Å². The van der Waals surface area contributed by atoms with Gasteiger partial charge in [-0.25, -0.2) is 9.18 Å². The van der Waals surface area contributed by atoms with Gasteiger partial charge in [0.2, 0.25) is 0 Å². The summed E-state index contributed by atoms with van der Waals surface area (Å²) in [7, 11) is 0. The number of hydrogen-bond donors (Lipinski definition) is 1. The fraction of sp³-hybridized carbons (Fsp3) is 0.444. The summed E-state index contributed by atoms with van der Waals surface area (Å²) in [6.45, 7) is 6.13. The van der Waals surface area contributed by atoms with Crippen LogP contribution in [0.5, 0.6) is 5.75 Å². The molecule has 1 unspecified atom stereocenters. The smallest absolute Gasteiger partial charge is 0.317 e. The lowest BCUT2D eigenvalue weighted by molar-refractivity contribution is 0.203. The average molecular weight is 346 g/mol. The van der Waals surface area contributed by atoms with Crippen molar-refractivity contribution < 1.29 is 13.9 Å². The summed E-state index contributed by atoms with van der Waals surface area (Å²) in [6, 6.07) is 8.01. The number of aromatic nitrogens is 2. The Morgan fingerprint density at radius 3 is 2.80 bits per heavy atom. The highest BCUT2D eigenvalue weighted by molar-refractivity contribution is 5.74. The minimum Gasteiger partial charge on any atom is -0.492 e. The van der Waals surface area contributed by atoms with E-state index in [1.54, 1.807) is 17.0 Å². The Morgan fingerprint density at radius 1 is 1.36 bits per heavy atom. The first-order chi connectivity index (χ1) is 12.0. The molecule has 0 saturated carbocycles. The van der Waals surface area contributed by atoms with Crippen molar-refractivity contribution in [2.24, 2.45) is 0 Å². The van der Waals surface area contributed by atoms with E-state index in [0.717, 1.165) is 17.8 Å². The second kappa shape index (κ2) is 7.55. The summed E-state index contributed by atoms with van der Waals surface area (Å²) < 4.78 is 20.3. The summed E-state index contributed by atoms with van der Waals surface area (Å²) in [5, 5.41) is 7.37. The van der Waals surface area contributed by atoms with E-state index in [0.29, 0.717) is 32.0 Å². The van der Waals surface area contributed by atoms with Gasteiger partial charge in [0.25, 0.3) is 0 Å². The first-order valence-electron chi connectivity index (χ1n) is 8.47. The first-order valence-corrected chi connectivity index (χ1v) is 8.47. The van der Waals surface area contributed by atoms with Crippen molar-refractivity contribution >= 4 is 6.03 Å². The van der Waals surface area contributed by atoms with Crippen LogP contribution in [-0.2, 0) is 0 Å². The zero-order valence-corrected chi connectivity index (χ0v) is 14.5. The summed E-state index contributed by atoms with van der Waals surface area (Å²) in [5.74, 6) is 0.285. The Morgan fingerprint density at radius 2 is 2.12 bits per heavy atom. The molecule has 7 heteroatoms. The van der Waals surface area contributed by atoms with E-state index in [1.807, 2.05) is 18.5 Å². The maximum Gasteiger partial charge on any atom is 0.317 e. The normalized spacial score (nSPS) is 16.9. The van der Waals surface area contributed by atoms with Gasteiger partial charge in [-0.05, 0) is 50.6 Å². The van der Waals surface area contributed by atoms with E-state index in [-0.39, 0.29) is 17.9 Å². The Kier molecular flexibility index (Phi) is 5.21. The SMILES string of the molecule is Cc1cc(C)n(C2CCN(C(=O)NCCOc3ccc(F)cc3)C2)n1. The molecule has 0 radical (unpaired) electrons. The summed E-state index contributed by atoms with van der Waals surface area (Å²) in [6.07, 6.45) is 0.904. The highest BCUT2D eigenvalue weighted by Gasteiger charge is 2.28. The number of nitrogens with zero attached hydrogens (tertiary/aromatic N) is 3. The number of nitrogens with one attached hydrogen (secondary N) is 1. The number of likely N-dealkylation sites (tertiary alicyclic amines) is 1. The zero-order chi connectivity index (χ0) is 17.8. The van der Waals surface area contributed by atoms with Crippen LogP contribution in [0.3, 0.4) is 0 Å². The number of rotatable bonds is 5. The largest absolute Gasteiger partial charge is 0.492 e. The minimum absolute atomic E-state index is 0.0910. The van der Waals surface area contributed by atoms with Crippen molar-refractivity contribution in [1.82, 2.24) is 20.0 Å². The molecule has 1 N–H and O–H groups in total. The van der Waals surface area contributed by atoms with Gasteiger partial charge in [-0.15, -0.1) is 0 Å². The first kappa shape index (κ1) is 17.3. The van der Waals surface area contributed by atoms with Crippen molar-refractivity contribution in [3.05, 3.63) is 47.5 Å². The number of benzene rings is 1. The van der Waals surface area contributed by atoms with E-state index in [9.17, 15) is 9.18 Å². The second-order valence-electron chi connectivity index (χ2n) is 6.29. The van der Waals surface area contributed by atoms with E-state index < -0.39 is 0 Å². The molecule has 1 aliphatic rings. The number of urea groups is 1. The van der Waals surface area contributed by atoms with Gasteiger partial charge >= 0.3 is 6.03 Å². The van der Waals surface area contributed by atoms with Gasteiger partial charge in [0, 0.05) is 18.8 Å². The molecular formula is C18H23FN4O2. The minimum atomic E-state index is -0.299. The fourth-order valence-corrected chi connectivity index (χ4v) is 3.11. The predicted octanol–water partition coefficient (Wildman–Crippen LogP) is 2.67. The monoisotopic (exact) mass is 346 g/mol. The van der Waals surface area contributed by atoms with E-state index in [4.69, 9.17) is 4.74 Å². The highest BCUT2D eigenvalue weighted by Crippen LogP contribution is 2.22. The molecule has 1 fully saturated rings. The van der Waals surface area contributed by atoms with Crippen LogP contribution in [0.2, 0.25) is 0 Å². The Balaban J connectivity index is 1.41.